The predicted molar refractivity (Wildman–Crippen MR) is 126 cm³/mol. The molecule has 0 aliphatic rings. The maximum absolute atomic E-state index is 5.57. The minimum Gasteiger partial charge on any atom is -0.493 e. The van der Waals surface area contributed by atoms with E-state index in [2.05, 4.69) is 15.9 Å². The summed E-state index contributed by atoms with van der Waals surface area (Å²) in [6.07, 6.45) is 3.81. The van der Waals surface area contributed by atoms with Gasteiger partial charge < -0.3 is 28.6 Å². The van der Waals surface area contributed by atoms with Crippen LogP contribution in [0.4, 0.5) is 0 Å². The van der Waals surface area contributed by atoms with Crippen molar-refractivity contribution in [2.24, 2.45) is 0 Å². The van der Waals surface area contributed by atoms with Gasteiger partial charge in [0.2, 0.25) is 5.75 Å². The molecule has 0 amide bonds. The van der Waals surface area contributed by atoms with Gasteiger partial charge in [-0.25, -0.2) is 0 Å². The summed E-state index contributed by atoms with van der Waals surface area (Å²) < 4.78 is 27.8. The van der Waals surface area contributed by atoms with E-state index in [-0.39, 0.29) is 0 Å². The number of ether oxygens (including phenoxy) is 5. The summed E-state index contributed by atoms with van der Waals surface area (Å²) in [5.74, 6) is 3.07. The fourth-order valence-electron chi connectivity index (χ4n) is 2.91. The van der Waals surface area contributed by atoms with Gasteiger partial charge in [0.05, 0.1) is 40.0 Å². The van der Waals surface area contributed by atoms with Crippen molar-refractivity contribution < 1.29 is 23.7 Å². The van der Waals surface area contributed by atoms with Crippen molar-refractivity contribution >= 4 is 39.2 Å². The number of likely N-dealkylation sites (N-methyl/N-ethyl adjacent to an activating group) is 1. The van der Waals surface area contributed by atoms with Crippen LogP contribution in [-0.2, 0) is 6.54 Å². The molecule has 0 unspecified atom stereocenters. The van der Waals surface area contributed by atoms with E-state index in [1.54, 1.807) is 35.5 Å². The molecule has 0 saturated carbocycles. The maximum atomic E-state index is 5.57. The van der Waals surface area contributed by atoms with Gasteiger partial charge in [-0.05, 0) is 57.4 Å². The Morgan fingerprint density at radius 2 is 1.40 bits per heavy atom. The highest BCUT2D eigenvalue weighted by atomic mass is 79.9. The van der Waals surface area contributed by atoms with Crippen molar-refractivity contribution in [2.75, 3.05) is 42.6 Å². The van der Waals surface area contributed by atoms with Crippen LogP contribution in [0.25, 0.3) is 6.08 Å². The lowest BCUT2D eigenvalue weighted by atomic mass is 10.1. The van der Waals surface area contributed by atoms with Gasteiger partial charge in [0.15, 0.2) is 23.0 Å². The molecule has 6 nitrogen and oxygen atoms in total. The molecule has 0 aliphatic heterocycles. The first-order chi connectivity index (χ1) is 14.4. The molecule has 0 heterocycles. The molecule has 0 fully saturated rings. The largest absolute Gasteiger partial charge is 0.493 e. The second kappa shape index (κ2) is 11.1. The standard InChI is InChI=1S/C22H26BrNO5S/c1-24(13-15-11-18(26-3)22(29-6)19(12-15)27-4)20(30)8-7-14-9-16(23)21(28-5)17(10-14)25-2/h7-12H,13H2,1-6H3/b8-7+. The molecule has 0 atom stereocenters. The van der Waals surface area contributed by atoms with Crippen molar-refractivity contribution in [3.05, 3.63) is 45.9 Å². The Labute approximate surface area is 191 Å². The lowest BCUT2D eigenvalue weighted by Crippen LogP contribution is -2.22. The second-order valence-corrected chi connectivity index (χ2v) is 7.57. The van der Waals surface area contributed by atoms with Gasteiger partial charge in [0.1, 0.15) is 4.99 Å². The van der Waals surface area contributed by atoms with Gasteiger partial charge in [0.25, 0.3) is 0 Å². The van der Waals surface area contributed by atoms with Crippen molar-refractivity contribution in [3.63, 3.8) is 0 Å². The zero-order valence-electron chi connectivity index (χ0n) is 17.9. The summed E-state index contributed by atoms with van der Waals surface area (Å²) in [6.45, 7) is 0.579. The van der Waals surface area contributed by atoms with Crippen LogP contribution in [0.15, 0.2) is 34.8 Å². The summed E-state index contributed by atoms with van der Waals surface area (Å²) in [4.78, 5) is 2.64. The highest BCUT2D eigenvalue weighted by molar-refractivity contribution is 9.10. The van der Waals surface area contributed by atoms with Crippen LogP contribution in [-0.4, -0.2) is 52.5 Å². The number of halogens is 1. The summed E-state index contributed by atoms with van der Waals surface area (Å²) in [5, 5.41) is 0. The Hall–Kier alpha value is -2.45. The molecular weight excluding hydrogens is 470 g/mol. The summed E-state index contributed by atoms with van der Waals surface area (Å²) in [7, 11) is 9.91. The van der Waals surface area contributed by atoms with Crippen LogP contribution in [0, 0.1) is 0 Å². The minimum atomic E-state index is 0.563. The molecule has 30 heavy (non-hydrogen) atoms. The van der Waals surface area contributed by atoms with Gasteiger partial charge in [-0.3, -0.25) is 0 Å². The molecule has 0 N–H and O–H groups in total. The highest BCUT2D eigenvalue weighted by Crippen LogP contribution is 2.39. The third-order valence-electron chi connectivity index (χ3n) is 4.39. The van der Waals surface area contributed by atoms with Crippen LogP contribution < -0.4 is 23.7 Å². The van der Waals surface area contributed by atoms with Crippen LogP contribution in [0.3, 0.4) is 0 Å². The fourth-order valence-corrected chi connectivity index (χ4v) is 3.66. The fraction of sp³-hybridized carbons (Fsp3) is 0.318. The molecule has 0 aliphatic carbocycles. The number of methoxy groups -OCH3 is 5. The molecule has 0 radical (unpaired) electrons. The number of thiocarbonyl (C=S) groups is 1. The van der Waals surface area contributed by atoms with E-state index in [4.69, 9.17) is 35.9 Å². The lowest BCUT2D eigenvalue weighted by Gasteiger charge is -2.20. The van der Waals surface area contributed by atoms with Crippen LogP contribution in [0.1, 0.15) is 11.1 Å². The predicted octanol–water partition coefficient (Wildman–Crippen LogP) is 4.96. The highest BCUT2D eigenvalue weighted by Gasteiger charge is 2.14. The van der Waals surface area contributed by atoms with E-state index in [0.29, 0.717) is 40.3 Å². The zero-order valence-corrected chi connectivity index (χ0v) is 20.3. The SMILES string of the molecule is COc1cc(/C=C/C(=S)N(C)Cc2cc(OC)c(OC)c(OC)c2)cc(Br)c1OC. The van der Waals surface area contributed by atoms with E-state index >= 15 is 0 Å². The Balaban J connectivity index is 2.18. The van der Waals surface area contributed by atoms with Crippen LogP contribution in [0.2, 0.25) is 0 Å². The first kappa shape index (κ1) is 23.8. The quantitative estimate of drug-likeness (QED) is 0.359. The van der Waals surface area contributed by atoms with E-state index in [9.17, 15) is 0 Å². The van der Waals surface area contributed by atoms with Crippen molar-refractivity contribution in [1.29, 1.82) is 0 Å². The van der Waals surface area contributed by atoms with E-state index in [0.717, 1.165) is 15.6 Å². The average molecular weight is 496 g/mol. The first-order valence-corrected chi connectivity index (χ1v) is 10.2. The number of hydrogen-bond acceptors (Lipinski definition) is 6. The van der Waals surface area contributed by atoms with E-state index in [1.165, 1.54) is 0 Å². The normalized spacial score (nSPS) is 10.6. The molecule has 2 aromatic rings. The van der Waals surface area contributed by atoms with Crippen LogP contribution >= 0.6 is 28.1 Å². The average Bonchev–Trinajstić information content (AvgIpc) is 2.75. The van der Waals surface area contributed by atoms with Gasteiger partial charge >= 0.3 is 0 Å². The summed E-state index contributed by atoms with van der Waals surface area (Å²) in [5.41, 5.74) is 1.92. The van der Waals surface area contributed by atoms with Gasteiger partial charge in [-0.15, -0.1) is 0 Å². The number of benzene rings is 2. The maximum Gasteiger partial charge on any atom is 0.203 e. The van der Waals surface area contributed by atoms with Gasteiger partial charge in [-0.1, -0.05) is 18.3 Å². The molecule has 0 spiro atoms. The minimum absolute atomic E-state index is 0.563. The molecule has 162 valence electrons. The smallest absolute Gasteiger partial charge is 0.203 e. The summed E-state index contributed by atoms with van der Waals surface area (Å²) in [6, 6.07) is 7.66. The third kappa shape index (κ3) is 5.58. The Bertz CT molecular complexity index is 907. The molecule has 0 saturated heterocycles. The Morgan fingerprint density at radius 3 is 1.90 bits per heavy atom. The van der Waals surface area contributed by atoms with Crippen molar-refractivity contribution in [2.45, 2.75) is 6.54 Å². The Kier molecular flexibility index (Phi) is 8.80. The molecular formula is C22H26BrNO5S. The monoisotopic (exact) mass is 495 g/mol. The number of rotatable bonds is 9. The molecule has 0 aromatic heterocycles. The van der Waals surface area contributed by atoms with E-state index in [1.807, 2.05) is 48.4 Å². The number of nitrogens with zero attached hydrogens (tertiary/aromatic N) is 1. The van der Waals surface area contributed by atoms with Crippen molar-refractivity contribution in [3.8, 4) is 28.7 Å². The molecule has 2 rings (SSSR count). The lowest BCUT2D eigenvalue weighted by molar-refractivity contribution is 0.323. The third-order valence-corrected chi connectivity index (χ3v) is 5.43. The van der Waals surface area contributed by atoms with E-state index < -0.39 is 0 Å². The number of hydrogen-bond donors (Lipinski definition) is 0. The molecule has 0 bridgehead atoms. The molecule has 2 aromatic carbocycles. The first-order valence-electron chi connectivity index (χ1n) is 9.02. The summed E-state index contributed by atoms with van der Waals surface area (Å²) >= 11 is 9.07. The second-order valence-electron chi connectivity index (χ2n) is 6.30. The van der Waals surface area contributed by atoms with Crippen molar-refractivity contribution in [1.82, 2.24) is 4.90 Å². The van der Waals surface area contributed by atoms with Gasteiger partial charge in [0, 0.05) is 13.6 Å². The van der Waals surface area contributed by atoms with Crippen LogP contribution in [0.5, 0.6) is 28.7 Å². The molecule has 8 heteroatoms. The van der Waals surface area contributed by atoms with Gasteiger partial charge in [-0.2, -0.15) is 0 Å². The zero-order chi connectivity index (χ0) is 22.3. The Morgan fingerprint density at radius 1 is 0.867 bits per heavy atom. The topological polar surface area (TPSA) is 49.4 Å².